The molecule has 0 radical (unpaired) electrons. The van der Waals surface area contributed by atoms with Crippen molar-refractivity contribution in [3.63, 3.8) is 0 Å². The molecule has 0 N–H and O–H groups in total. The Morgan fingerprint density at radius 2 is 2.12 bits per heavy atom. The molecule has 24 heavy (non-hydrogen) atoms. The van der Waals surface area contributed by atoms with Crippen molar-refractivity contribution in [1.82, 2.24) is 9.88 Å². The van der Waals surface area contributed by atoms with Crippen molar-refractivity contribution < 1.29 is 4.79 Å². The van der Waals surface area contributed by atoms with E-state index in [1.165, 1.54) is 12.8 Å². The van der Waals surface area contributed by atoms with Gasteiger partial charge in [0.15, 0.2) is 0 Å². The molecule has 0 aromatic carbocycles. The first-order valence-electron chi connectivity index (χ1n) is 8.91. The number of nitrogens with zero attached hydrogens (tertiary/aromatic N) is 4. The summed E-state index contributed by atoms with van der Waals surface area (Å²) in [6, 6.07) is 6.12. The van der Waals surface area contributed by atoms with Crippen molar-refractivity contribution in [2.45, 2.75) is 46.1 Å². The van der Waals surface area contributed by atoms with E-state index in [9.17, 15) is 10.1 Å². The van der Waals surface area contributed by atoms with Gasteiger partial charge in [-0.25, -0.2) is 4.98 Å². The van der Waals surface area contributed by atoms with E-state index >= 15 is 0 Å². The SMILES string of the molecule is Cc1ccc(C#N)c(N2CCC(=O)N(CC3CC3)[C@@H](C(C)C)C2)n1. The maximum Gasteiger partial charge on any atom is 0.224 e. The zero-order valence-corrected chi connectivity index (χ0v) is 14.8. The van der Waals surface area contributed by atoms with E-state index in [1.807, 2.05) is 19.1 Å². The smallest absolute Gasteiger partial charge is 0.224 e. The summed E-state index contributed by atoms with van der Waals surface area (Å²) < 4.78 is 0. The minimum atomic E-state index is 0.175. The maximum absolute atomic E-state index is 12.7. The zero-order valence-electron chi connectivity index (χ0n) is 14.8. The summed E-state index contributed by atoms with van der Waals surface area (Å²) in [7, 11) is 0. The van der Waals surface area contributed by atoms with Gasteiger partial charge in [-0.1, -0.05) is 13.8 Å². The topological polar surface area (TPSA) is 60.2 Å². The fraction of sp³-hybridized carbons (Fsp3) is 0.632. The van der Waals surface area contributed by atoms with Crippen LogP contribution in [-0.4, -0.2) is 41.5 Å². The van der Waals surface area contributed by atoms with Crippen molar-refractivity contribution in [3.8, 4) is 6.07 Å². The average Bonchev–Trinajstić information content (AvgIpc) is 3.37. The highest BCUT2D eigenvalue weighted by Gasteiger charge is 2.36. The average molecular weight is 326 g/mol. The number of rotatable bonds is 4. The molecule has 1 saturated carbocycles. The molecule has 1 aromatic heterocycles. The molecule has 5 nitrogen and oxygen atoms in total. The minimum absolute atomic E-state index is 0.175. The normalized spacial score (nSPS) is 21.8. The first-order chi connectivity index (χ1) is 11.5. The van der Waals surface area contributed by atoms with Crippen molar-refractivity contribution in [2.75, 3.05) is 24.5 Å². The third kappa shape index (κ3) is 3.53. The second-order valence-corrected chi connectivity index (χ2v) is 7.43. The summed E-state index contributed by atoms with van der Waals surface area (Å²) in [5.74, 6) is 2.04. The highest BCUT2D eigenvalue weighted by molar-refractivity contribution is 5.78. The van der Waals surface area contributed by atoms with Crippen molar-refractivity contribution in [1.29, 1.82) is 5.26 Å². The summed E-state index contributed by atoms with van der Waals surface area (Å²) >= 11 is 0. The van der Waals surface area contributed by atoms with Crippen LogP contribution in [0.15, 0.2) is 12.1 Å². The van der Waals surface area contributed by atoms with Crippen LogP contribution >= 0.6 is 0 Å². The van der Waals surface area contributed by atoms with Gasteiger partial charge in [0.05, 0.1) is 11.6 Å². The van der Waals surface area contributed by atoms with Gasteiger partial charge in [0.2, 0.25) is 5.91 Å². The van der Waals surface area contributed by atoms with Crippen LogP contribution in [0.25, 0.3) is 0 Å². The molecule has 1 amide bonds. The number of anilines is 1. The summed E-state index contributed by atoms with van der Waals surface area (Å²) in [6.45, 7) is 8.57. The van der Waals surface area contributed by atoms with Gasteiger partial charge in [-0.3, -0.25) is 4.79 Å². The lowest BCUT2D eigenvalue weighted by atomic mass is 10.0. The minimum Gasteiger partial charge on any atom is -0.353 e. The van der Waals surface area contributed by atoms with E-state index in [0.717, 1.165) is 24.6 Å². The number of carbonyl (C=O) groups excluding carboxylic acids is 1. The van der Waals surface area contributed by atoms with Crippen LogP contribution in [0.1, 0.15) is 44.4 Å². The number of pyridine rings is 1. The lowest BCUT2D eigenvalue weighted by Crippen LogP contribution is -2.47. The van der Waals surface area contributed by atoms with Gasteiger partial charge in [0.1, 0.15) is 11.9 Å². The molecule has 1 aliphatic heterocycles. The van der Waals surface area contributed by atoms with Crippen molar-refractivity contribution in [3.05, 3.63) is 23.4 Å². The Morgan fingerprint density at radius 3 is 2.75 bits per heavy atom. The van der Waals surface area contributed by atoms with Crippen LogP contribution < -0.4 is 4.90 Å². The van der Waals surface area contributed by atoms with Gasteiger partial charge >= 0.3 is 0 Å². The van der Waals surface area contributed by atoms with Gasteiger partial charge in [0.25, 0.3) is 0 Å². The summed E-state index contributed by atoms with van der Waals surface area (Å²) in [5.41, 5.74) is 1.49. The van der Waals surface area contributed by atoms with E-state index in [-0.39, 0.29) is 11.9 Å². The lowest BCUT2D eigenvalue weighted by Gasteiger charge is -2.35. The highest BCUT2D eigenvalue weighted by atomic mass is 16.2. The highest BCUT2D eigenvalue weighted by Crippen LogP contribution is 2.33. The first kappa shape index (κ1) is 16.8. The zero-order chi connectivity index (χ0) is 17.3. The van der Waals surface area contributed by atoms with E-state index in [2.05, 4.69) is 34.7 Å². The molecule has 128 valence electrons. The Bertz CT molecular complexity index is 660. The Labute approximate surface area is 144 Å². The molecular formula is C19H26N4O. The molecule has 2 heterocycles. The summed E-state index contributed by atoms with van der Waals surface area (Å²) in [4.78, 5) is 21.5. The van der Waals surface area contributed by atoms with E-state index in [4.69, 9.17) is 0 Å². The standard InChI is InChI=1S/C19H26N4O/c1-13(2)17-12-22(19-16(10-20)7-4-14(3)21-19)9-8-18(24)23(17)11-15-5-6-15/h4,7,13,15,17H,5-6,8-9,11-12H2,1-3H3/t17-/m1/s1. The number of amides is 1. The Balaban J connectivity index is 1.90. The molecule has 0 unspecified atom stereocenters. The van der Waals surface area contributed by atoms with E-state index in [1.54, 1.807) is 0 Å². The summed E-state index contributed by atoms with van der Waals surface area (Å²) in [6.07, 6.45) is 2.99. The Kier molecular flexibility index (Phi) is 4.75. The predicted octanol–water partition coefficient (Wildman–Crippen LogP) is 2.74. The fourth-order valence-corrected chi connectivity index (χ4v) is 3.43. The number of nitriles is 1. The molecule has 1 aliphatic carbocycles. The quantitative estimate of drug-likeness (QED) is 0.853. The van der Waals surface area contributed by atoms with Crippen LogP contribution in [0, 0.1) is 30.1 Å². The molecule has 2 fully saturated rings. The molecule has 3 rings (SSSR count). The number of carbonyl (C=O) groups is 1. The summed E-state index contributed by atoms with van der Waals surface area (Å²) in [5, 5.41) is 9.42. The monoisotopic (exact) mass is 326 g/mol. The second-order valence-electron chi connectivity index (χ2n) is 7.43. The maximum atomic E-state index is 12.7. The second kappa shape index (κ2) is 6.80. The third-order valence-electron chi connectivity index (χ3n) is 5.08. The van der Waals surface area contributed by atoms with Gasteiger partial charge < -0.3 is 9.80 Å². The number of aryl methyl sites for hydroxylation is 1. The molecule has 0 spiro atoms. The van der Waals surface area contributed by atoms with Crippen LogP contribution in [-0.2, 0) is 4.79 Å². The first-order valence-corrected chi connectivity index (χ1v) is 8.91. The molecular weight excluding hydrogens is 300 g/mol. The number of hydrogen-bond donors (Lipinski definition) is 0. The molecule has 5 heteroatoms. The van der Waals surface area contributed by atoms with Crippen molar-refractivity contribution in [2.24, 2.45) is 11.8 Å². The molecule has 2 aliphatic rings. The van der Waals surface area contributed by atoms with Crippen LogP contribution in [0.4, 0.5) is 5.82 Å². The molecule has 0 bridgehead atoms. The van der Waals surface area contributed by atoms with Crippen LogP contribution in [0.2, 0.25) is 0 Å². The van der Waals surface area contributed by atoms with Gasteiger partial charge in [-0.2, -0.15) is 5.26 Å². The van der Waals surface area contributed by atoms with E-state index in [0.29, 0.717) is 30.4 Å². The largest absolute Gasteiger partial charge is 0.353 e. The van der Waals surface area contributed by atoms with Gasteiger partial charge in [0, 0.05) is 31.7 Å². The molecule has 1 saturated heterocycles. The molecule has 1 aromatic rings. The van der Waals surface area contributed by atoms with Crippen LogP contribution in [0.5, 0.6) is 0 Å². The Morgan fingerprint density at radius 1 is 1.38 bits per heavy atom. The lowest BCUT2D eigenvalue weighted by molar-refractivity contribution is -0.133. The fourth-order valence-electron chi connectivity index (χ4n) is 3.43. The Hall–Kier alpha value is -2.09. The third-order valence-corrected chi connectivity index (χ3v) is 5.08. The molecule has 1 atom stereocenters. The van der Waals surface area contributed by atoms with Crippen molar-refractivity contribution >= 4 is 11.7 Å². The van der Waals surface area contributed by atoms with Gasteiger partial charge in [-0.05, 0) is 43.7 Å². The van der Waals surface area contributed by atoms with Gasteiger partial charge in [-0.15, -0.1) is 0 Å². The number of aromatic nitrogens is 1. The van der Waals surface area contributed by atoms with E-state index < -0.39 is 0 Å². The number of hydrogen-bond acceptors (Lipinski definition) is 4. The predicted molar refractivity (Wildman–Crippen MR) is 93.6 cm³/mol. The van der Waals surface area contributed by atoms with Crippen LogP contribution in [0.3, 0.4) is 0 Å².